The summed E-state index contributed by atoms with van der Waals surface area (Å²) in [5.41, 5.74) is 0.808. The van der Waals surface area contributed by atoms with Crippen LogP contribution < -0.4 is 10.6 Å². The van der Waals surface area contributed by atoms with Gasteiger partial charge in [-0.05, 0) is 43.0 Å². The molecule has 0 radical (unpaired) electrons. The van der Waals surface area contributed by atoms with E-state index in [1.807, 2.05) is 0 Å². The summed E-state index contributed by atoms with van der Waals surface area (Å²) in [5.74, 6) is -1.46. The molecule has 2 N–H and O–H groups in total. The fourth-order valence-electron chi connectivity index (χ4n) is 2.56. The minimum absolute atomic E-state index is 0.0107. The highest BCUT2D eigenvalue weighted by Crippen LogP contribution is 2.29. The smallest absolute Gasteiger partial charge is 0.221 e. The first-order valence-electron chi connectivity index (χ1n) is 6.49. The zero-order valence-corrected chi connectivity index (χ0v) is 10.9. The molecule has 1 fully saturated rings. The molecular formula is C14H18F2N2O. The molecule has 1 saturated heterocycles. The summed E-state index contributed by atoms with van der Waals surface area (Å²) in [6.07, 6.45) is 2.05. The minimum atomic E-state index is -0.820. The summed E-state index contributed by atoms with van der Waals surface area (Å²) in [6, 6.07) is 4.15. The first kappa shape index (κ1) is 13.9. The van der Waals surface area contributed by atoms with Crippen LogP contribution in [-0.2, 0) is 4.79 Å². The number of amides is 1. The van der Waals surface area contributed by atoms with E-state index in [0.29, 0.717) is 6.42 Å². The third-order valence-corrected chi connectivity index (χ3v) is 3.62. The molecule has 0 aromatic heterocycles. The van der Waals surface area contributed by atoms with E-state index in [9.17, 15) is 13.6 Å². The lowest BCUT2D eigenvalue weighted by Crippen LogP contribution is -2.40. The molecule has 2 atom stereocenters. The number of benzene rings is 1. The van der Waals surface area contributed by atoms with Gasteiger partial charge in [-0.1, -0.05) is 6.07 Å². The molecule has 0 bridgehead atoms. The number of piperidine rings is 1. The lowest BCUT2D eigenvalue weighted by molar-refractivity contribution is -0.121. The van der Waals surface area contributed by atoms with Crippen molar-refractivity contribution >= 4 is 5.91 Å². The average molecular weight is 268 g/mol. The molecule has 19 heavy (non-hydrogen) atoms. The van der Waals surface area contributed by atoms with Crippen molar-refractivity contribution in [1.29, 1.82) is 0 Å². The van der Waals surface area contributed by atoms with E-state index in [2.05, 4.69) is 10.6 Å². The van der Waals surface area contributed by atoms with E-state index < -0.39 is 11.6 Å². The highest BCUT2D eigenvalue weighted by Gasteiger charge is 2.24. The van der Waals surface area contributed by atoms with E-state index in [1.54, 1.807) is 13.1 Å². The molecule has 0 saturated carbocycles. The topological polar surface area (TPSA) is 41.1 Å². The van der Waals surface area contributed by atoms with Gasteiger partial charge in [0.05, 0.1) is 0 Å². The van der Waals surface area contributed by atoms with Crippen molar-refractivity contribution < 1.29 is 13.6 Å². The number of nitrogens with one attached hydrogen (secondary N) is 2. The average Bonchev–Trinajstić information content (AvgIpc) is 2.42. The molecule has 1 amide bonds. The van der Waals surface area contributed by atoms with Crippen LogP contribution in [0.5, 0.6) is 0 Å². The first-order chi connectivity index (χ1) is 9.10. The Kier molecular flexibility index (Phi) is 4.47. The van der Waals surface area contributed by atoms with Gasteiger partial charge >= 0.3 is 0 Å². The predicted molar refractivity (Wildman–Crippen MR) is 68.8 cm³/mol. The number of carbonyl (C=O) groups excluding carboxylic acids is 1. The van der Waals surface area contributed by atoms with Gasteiger partial charge in [-0.15, -0.1) is 0 Å². The molecule has 1 heterocycles. The van der Waals surface area contributed by atoms with Crippen LogP contribution in [0.3, 0.4) is 0 Å². The number of rotatable bonds is 3. The van der Waals surface area contributed by atoms with Gasteiger partial charge in [0.2, 0.25) is 5.91 Å². The van der Waals surface area contributed by atoms with Crippen LogP contribution in [0.1, 0.15) is 30.7 Å². The fourth-order valence-corrected chi connectivity index (χ4v) is 2.56. The number of hydrogen-bond acceptors (Lipinski definition) is 2. The Labute approximate surface area is 111 Å². The second-order valence-electron chi connectivity index (χ2n) is 4.92. The standard InChI is InChI=1S/C14H18F2N2O/c1-17-14(19)8-11-6-10(4-5-18-11)9-2-3-12(15)13(16)7-9/h2-3,7,10-11,18H,4-6,8H2,1H3,(H,17,19). The normalized spacial score (nSPS) is 23.1. The van der Waals surface area contributed by atoms with Crippen molar-refractivity contribution in [2.75, 3.05) is 13.6 Å². The zero-order valence-electron chi connectivity index (χ0n) is 10.9. The number of hydrogen-bond donors (Lipinski definition) is 2. The fraction of sp³-hybridized carbons (Fsp3) is 0.500. The van der Waals surface area contributed by atoms with Crippen LogP contribution in [0.25, 0.3) is 0 Å². The molecule has 1 aliphatic heterocycles. The quantitative estimate of drug-likeness (QED) is 0.879. The Morgan fingerprint density at radius 2 is 2.21 bits per heavy atom. The van der Waals surface area contributed by atoms with Gasteiger partial charge in [-0.3, -0.25) is 4.79 Å². The minimum Gasteiger partial charge on any atom is -0.359 e. The van der Waals surface area contributed by atoms with Gasteiger partial charge in [0.15, 0.2) is 11.6 Å². The van der Waals surface area contributed by atoms with Crippen LogP contribution in [0, 0.1) is 11.6 Å². The molecular weight excluding hydrogens is 250 g/mol. The monoisotopic (exact) mass is 268 g/mol. The largest absolute Gasteiger partial charge is 0.359 e. The van der Waals surface area contributed by atoms with Gasteiger partial charge in [0, 0.05) is 19.5 Å². The maximum atomic E-state index is 13.2. The molecule has 104 valence electrons. The summed E-state index contributed by atoms with van der Waals surface area (Å²) < 4.78 is 26.2. The third-order valence-electron chi connectivity index (χ3n) is 3.62. The molecule has 1 aliphatic rings. The van der Waals surface area contributed by atoms with Gasteiger partial charge in [0.25, 0.3) is 0 Å². The van der Waals surface area contributed by atoms with Gasteiger partial charge in [-0.2, -0.15) is 0 Å². The third kappa shape index (κ3) is 3.50. The van der Waals surface area contributed by atoms with Crippen LogP contribution >= 0.6 is 0 Å². The molecule has 1 aromatic carbocycles. The Bertz CT molecular complexity index is 465. The number of carbonyl (C=O) groups is 1. The van der Waals surface area contributed by atoms with Crippen molar-refractivity contribution in [1.82, 2.24) is 10.6 Å². The van der Waals surface area contributed by atoms with Crippen LogP contribution in [0.4, 0.5) is 8.78 Å². The Morgan fingerprint density at radius 3 is 2.89 bits per heavy atom. The van der Waals surface area contributed by atoms with E-state index in [4.69, 9.17) is 0 Å². The summed E-state index contributed by atoms with van der Waals surface area (Å²) in [7, 11) is 1.61. The van der Waals surface area contributed by atoms with Crippen LogP contribution in [0.2, 0.25) is 0 Å². The summed E-state index contributed by atoms with van der Waals surface area (Å²) in [6.45, 7) is 0.783. The van der Waals surface area contributed by atoms with Crippen LogP contribution in [0.15, 0.2) is 18.2 Å². The predicted octanol–water partition coefficient (Wildman–Crippen LogP) is 1.94. The molecule has 2 rings (SSSR count). The van der Waals surface area contributed by atoms with Crippen molar-refractivity contribution in [3.8, 4) is 0 Å². The molecule has 0 spiro atoms. The Balaban J connectivity index is 2.04. The summed E-state index contributed by atoms with van der Waals surface area (Å²) in [5, 5.41) is 5.88. The molecule has 5 heteroatoms. The van der Waals surface area contributed by atoms with E-state index in [-0.39, 0.29) is 17.9 Å². The zero-order chi connectivity index (χ0) is 13.8. The van der Waals surface area contributed by atoms with Gasteiger partial charge < -0.3 is 10.6 Å². The van der Waals surface area contributed by atoms with Crippen molar-refractivity contribution in [2.45, 2.75) is 31.2 Å². The van der Waals surface area contributed by atoms with Crippen LogP contribution in [-0.4, -0.2) is 25.5 Å². The van der Waals surface area contributed by atoms with Crippen molar-refractivity contribution in [2.24, 2.45) is 0 Å². The van der Waals surface area contributed by atoms with Gasteiger partial charge in [0.1, 0.15) is 0 Å². The summed E-state index contributed by atoms with van der Waals surface area (Å²) in [4.78, 5) is 11.4. The lowest BCUT2D eigenvalue weighted by Gasteiger charge is -2.30. The van der Waals surface area contributed by atoms with Crippen molar-refractivity contribution in [3.05, 3.63) is 35.4 Å². The highest BCUT2D eigenvalue weighted by molar-refractivity contribution is 5.76. The Hall–Kier alpha value is -1.49. The van der Waals surface area contributed by atoms with E-state index in [1.165, 1.54) is 12.1 Å². The molecule has 1 aromatic rings. The highest BCUT2D eigenvalue weighted by atomic mass is 19.2. The Morgan fingerprint density at radius 1 is 1.42 bits per heavy atom. The maximum Gasteiger partial charge on any atom is 0.221 e. The lowest BCUT2D eigenvalue weighted by atomic mass is 9.85. The summed E-state index contributed by atoms with van der Waals surface area (Å²) >= 11 is 0. The van der Waals surface area contributed by atoms with E-state index >= 15 is 0 Å². The number of halogens is 2. The van der Waals surface area contributed by atoms with Crippen molar-refractivity contribution in [3.63, 3.8) is 0 Å². The molecule has 0 aliphatic carbocycles. The second-order valence-corrected chi connectivity index (χ2v) is 4.92. The first-order valence-corrected chi connectivity index (χ1v) is 6.49. The molecule has 3 nitrogen and oxygen atoms in total. The SMILES string of the molecule is CNC(=O)CC1CC(c2ccc(F)c(F)c2)CCN1. The second kappa shape index (κ2) is 6.10. The maximum absolute atomic E-state index is 13.2. The van der Waals surface area contributed by atoms with E-state index in [0.717, 1.165) is 24.9 Å². The molecule has 2 unspecified atom stereocenters. The van der Waals surface area contributed by atoms with Gasteiger partial charge in [-0.25, -0.2) is 8.78 Å².